The molecule has 0 saturated heterocycles. The average molecular weight is 303 g/mol. The zero-order valence-corrected chi connectivity index (χ0v) is 14.3. The van der Waals surface area contributed by atoms with Crippen molar-refractivity contribution >= 4 is 6.29 Å². The molecule has 1 aromatic rings. The van der Waals surface area contributed by atoms with Crippen LogP contribution in [0.15, 0.2) is 42.6 Å². The van der Waals surface area contributed by atoms with E-state index in [0.717, 1.165) is 31.2 Å². The first kappa shape index (κ1) is 18.4. The number of ether oxygens (including phenoxy) is 1. The van der Waals surface area contributed by atoms with E-state index in [0.29, 0.717) is 0 Å². The molecule has 0 bridgehead atoms. The normalized spacial score (nSPS) is 14.2. The van der Waals surface area contributed by atoms with E-state index in [1.54, 1.807) is 0 Å². The van der Waals surface area contributed by atoms with Crippen LogP contribution in [0.1, 0.15) is 46.1 Å². The SMILES string of the molecule is C=C(CCC(Cc1ccccc1)OC(C)(C)C)NC(C)C=O. The molecule has 3 nitrogen and oxygen atoms in total. The summed E-state index contributed by atoms with van der Waals surface area (Å²) in [5.74, 6) is 0. The molecule has 0 aliphatic carbocycles. The maximum absolute atomic E-state index is 10.7. The first-order chi connectivity index (χ1) is 10.3. The Labute approximate surface area is 134 Å². The van der Waals surface area contributed by atoms with E-state index in [2.05, 4.69) is 56.9 Å². The highest BCUT2D eigenvalue weighted by Crippen LogP contribution is 2.19. The van der Waals surface area contributed by atoms with Gasteiger partial charge in [-0.25, -0.2) is 0 Å². The van der Waals surface area contributed by atoms with E-state index in [1.165, 1.54) is 5.56 Å². The first-order valence-electron chi connectivity index (χ1n) is 7.91. The summed E-state index contributed by atoms with van der Waals surface area (Å²) in [6, 6.07) is 10.2. The summed E-state index contributed by atoms with van der Waals surface area (Å²) in [4.78, 5) is 10.7. The van der Waals surface area contributed by atoms with Gasteiger partial charge in [0.2, 0.25) is 0 Å². The highest BCUT2D eigenvalue weighted by atomic mass is 16.5. The van der Waals surface area contributed by atoms with Gasteiger partial charge < -0.3 is 14.8 Å². The highest BCUT2D eigenvalue weighted by molar-refractivity contribution is 5.57. The van der Waals surface area contributed by atoms with Gasteiger partial charge in [-0.3, -0.25) is 0 Å². The van der Waals surface area contributed by atoms with Gasteiger partial charge >= 0.3 is 0 Å². The quantitative estimate of drug-likeness (QED) is 0.704. The minimum absolute atomic E-state index is 0.132. The van der Waals surface area contributed by atoms with Crippen LogP contribution in [-0.4, -0.2) is 24.0 Å². The first-order valence-corrected chi connectivity index (χ1v) is 7.91. The third kappa shape index (κ3) is 7.99. The topological polar surface area (TPSA) is 38.3 Å². The van der Waals surface area contributed by atoms with Crippen molar-refractivity contribution in [3.05, 3.63) is 48.2 Å². The summed E-state index contributed by atoms with van der Waals surface area (Å²) in [6.07, 6.45) is 3.58. The molecule has 22 heavy (non-hydrogen) atoms. The Morgan fingerprint density at radius 2 is 1.95 bits per heavy atom. The van der Waals surface area contributed by atoms with Crippen molar-refractivity contribution in [2.75, 3.05) is 0 Å². The van der Waals surface area contributed by atoms with E-state index < -0.39 is 0 Å². The standard InChI is InChI=1S/C19H29NO2/c1-15(20-16(2)14-21)11-12-18(22-19(3,4)5)13-17-9-7-6-8-10-17/h6-10,14,16,18,20H,1,11-13H2,2-5H3. The molecule has 122 valence electrons. The molecule has 2 unspecified atom stereocenters. The van der Waals surface area contributed by atoms with Gasteiger partial charge in [0.15, 0.2) is 0 Å². The molecule has 1 N–H and O–H groups in total. The molecule has 0 aliphatic rings. The van der Waals surface area contributed by atoms with Crippen molar-refractivity contribution in [3.63, 3.8) is 0 Å². The van der Waals surface area contributed by atoms with Crippen LogP contribution in [0.3, 0.4) is 0 Å². The zero-order chi connectivity index (χ0) is 16.6. The third-order valence-electron chi connectivity index (χ3n) is 3.23. The number of rotatable bonds is 9. The van der Waals surface area contributed by atoms with Gasteiger partial charge in [0.05, 0.1) is 17.7 Å². The van der Waals surface area contributed by atoms with E-state index in [4.69, 9.17) is 4.74 Å². The minimum Gasteiger partial charge on any atom is -0.380 e. The summed E-state index contributed by atoms with van der Waals surface area (Å²) < 4.78 is 6.19. The average Bonchev–Trinajstić information content (AvgIpc) is 2.44. The highest BCUT2D eigenvalue weighted by Gasteiger charge is 2.19. The van der Waals surface area contributed by atoms with Crippen molar-refractivity contribution in [1.82, 2.24) is 5.32 Å². The molecule has 3 heteroatoms. The Hall–Kier alpha value is -1.61. The van der Waals surface area contributed by atoms with Crippen LogP contribution >= 0.6 is 0 Å². The number of aldehydes is 1. The second-order valence-electron chi connectivity index (χ2n) is 6.75. The molecule has 1 aromatic carbocycles. The summed E-state index contributed by atoms with van der Waals surface area (Å²) in [6.45, 7) is 12.0. The van der Waals surface area contributed by atoms with Crippen molar-refractivity contribution in [3.8, 4) is 0 Å². The summed E-state index contributed by atoms with van der Waals surface area (Å²) >= 11 is 0. The summed E-state index contributed by atoms with van der Waals surface area (Å²) in [5, 5.41) is 3.09. The molecule has 0 saturated carbocycles. The second-order valence-corrected chi connectivity index (χ2v) is 6.75. The lowest BCUT2D eigenvalue weighted by atomic mass is 10.0. The molecule has 0 amide bonds. The Balaban J connectivity index is 2.58. The van der Waals surface area contributed by atoms with Crippen LogP contribution in [0, 0.1) is 0 Å². The second kappa shape index (κ2) is 8.74. The summed E-state index contributed by atoms with van der Waals surface area (Å²) in [7, 11) is 0. The molecular weight excluding hydrogens is 274 g/mol. The van der Waals surface area contributed by atoms with Crippen LogP contribution < -0.4 is 5.32 Å². The number of hydrogen-bond donors (Lipinski definition) is 1. The Kier molecular flexibility index (Phi) is 7.33. The summed E-state index contributed by atoms with van der Waals surface area (Å²) in [5.41, 5.74) is 1.98. The number of benzene rings is 1. The minimum atomic E-state index is -0.191. The van der Waals surface area contributed by atoms with Gasteiger partial charge in [-0.05, 0) is 52.5 Å². The van der Waals surface area contributed by atoms with Crippen molar-refractivity contribution in [1.29, 1.82) is 0 Å². The third-order valence-corrected chi connectivity index (χ3v) is 3.23. The lowest BCUT2D eigenvalue weighted by Gasteiger charge is -2.28. The molecular formula is C19H29NO2. The van der Waals surface area contributed by atoms with Crippen molar-refractivity contribution < 1.29 is 9.53 Å². The largest absolute Gasteiger partial charge is 0.380 e. The van der Waals surface area contributed by atoms with Gasteiger partial charge in [-0.15, -0.1) is 0 Å². The van der Waals surface area contributed by atoms with E-state index >= 15 is 0 Å². The van der Waals surface area contributed by atoms with Crippen LogP contribution in [0.5, 0.6) is 0 Å². The van der Waals surface area contributed by atoms with Crippen molar-refractivity contribution in [2.24, 2.45) is 0 Å². The predicted octanol–water partition coefficient (Wildman–Crippen LogP) is 3.88. The van der Waals surface area contributed by atoms with Gasteiger partial charge in [-0.1, -0.05) is 36.9 Å². The van der Waals surface area contributed by atoms with Gasteiger partial charge in [0.1, 0.15) is 6.29 Å². The van der Waals surface area contributed by atoms with Gasteiger partial charge in [0.25, 0.3) is 0 Å². The van der Waals surface area contributed by atoms with Crippen LogP contribution in [0.25, 0.3) is 0 Å². The van der Waals surface area contributed by atoms with Crippen LogP contribution in [0.2, 0.25) is 0 Å². The molecule has 0 aromatic heterocycles. The molecule has 0 fully saturated rings. The van der Waals surface area contributed by atoms with E-state index in [9.17, 15) is 4.79 Å². The molecule has 0 radical (unpaired) electrons. The fourth-order valence-electron chi connectivity index (χ4n) is 2.34. The lowest BCUT2D eigenvalue weighted by Crippen LogP contribution is -2.30. The van der Waals surface area contributed by atoms with Crippen molar-refractivity contribution in [2.45, 2.75) is 64.7 Å². The number of carbonyl (C=O) groups is 1. The Morgan fingerprint density at radius 3 is 2.50 bits per heavy atom. The maximum Gasteiger partial charge on any atom is 0.141 e. The molecule has 0 heterocycles. The molecule has 0 spiro atoms. The van der Waals surface area contributed by atoms with Crippen LogP contribution in [0.4, 0.5) is 0 Å². The molecule has 1 rings (SSSR count). The smallest absolute Gasteiger partial charge is 0.141 e. The van der Waals surface area contributed by atoms with Gasteiger partial charge in [-0.2, -0.15) is 0 Å². The predicted molar refractivity (Wildman–Crippen MR) is 91.8 cm³/mol. The fourth-order valence-corrected chi connectivity index (χ4v) is 2.34. The Morgan fingerprint density at radius 1 is 1.32 bits per heavy atom. The van der Waals surface area contributed by atoms with Gasteiger partial charge in [0, 0.05) is 5.70 Å². The maximum atomic E-state index is 10.7. The van der Waals surface area contributed by atoms with E-state index in [-0.39, 0.29) is 17.7 Å². The number of nitrogens with one attached hydrogen (secondary N) is 1. The number of carbonyl (C=O) groups excluding carboxylic acids is 1. The Bertz CT molecular complexity index is 462. The van der Waals surface area contributed by atoms with Crippen LogP contribution in [-0.2, 0) is 16.0 Å². The fraction of sp³-hybridized carbons (Fsp3) is 0.526. The molecule has 0 aliphatic heterocycles. The zero-order valence-electron chi connectivity index (χ0n) is 14.3. The molecule has 2 atom stereocenters. The monoisotopic (exact) mass is 303 g/mol. The van der Waals surface area contributed by atoms with E-state index in [1.807, 2.05) is 13.0 Å². The number of allylic oxidation sites excluding steroid dienone is 1. The number of hydrogen-bond acceptors (Lipinski definition) is 3. The lowest BCUT2D eigenvalue weighted by molar-refractivity contribution is -0.109.